The van der Waals surface area contributed by atoms with Gasteiger partial charge < -0.3 is 19.9 Å². The highest BCUT2D eigenvalue weighted by atomic mass is 16.5. The van der Waals surface area contributed by atoms with Gasteiger partial charge in [-0.15, -0.1) is 10.2 Å². The van der Waals surface area contributed by atoms with Gasteiger partial charge in [-0.2, -0.15) is 0 Å². The maximum Gasteiger partial charge on any atom is 0.191 e. The summed E-state index contributed by atoms with van der Waals surface area (Å²) in [5.41, 5.74) is 0. The third kappa shape index (κ3) is 7.48. The molecule has 0 saturated heterocycles. The molecule has 0 aliphatic heterocycles. The fourth-order valence-corrected chi connectivity index (χ4v) is 3.61. The number of nitrogens with zero attached hydrogens (tertiary/aromatic N) is 4. The summed E-state index contributed by atoms with van der Waals surface area (Å²) in [6, 6.07) is 0.512. The van der Waals surface area contributed by atoms with Gasteiger partial charge in [-0.25, -0.2) is 4.99 Å². The number of hydrogen-bond acceptors (Lipinski definition) is 4. The van der Waals surface area contributed by atoms with E-state index >= 15 is 0 Å². The first-order valence-electron chi connectivity index (χ1n) is 10.6. The lowest BCUT2D eigenvalue weighted by Crippen LogP contribution is -2.45. The smallest absolute Gasteiger partial charge is 0.191 e. The number of aliphatic imine (C=N–C) groups is 1. The second-order valence-electron chi connectivity index (χ2n) is 7.52. The van der Waals surface area contributed by atoms with E-state index in [9.17, 15) is 0 Å². The summed E-state index contributed by atoms with van der Waals surface area (Å²) in [4.78, 5) is 4.77. The summed E-state index contributed by atoms with van der Waals surface area (Å²) in [6.07, 6.45) is 8.75. The molecule has 1 aromatic rings. The van der Waals surface area contributed by atoms with Gasteiger partial charge in [0.1, 0.15) is 12.4 Å². The topological polar surface area (TPSA) is 76.4 Å². The average molecular weight is 379 g/mol. The van der Waals surface area contributed by atoms with E-state index in [2.05, 4.69) is 27.8 Å². The largest absolute Gasteiger partial charge is 0.382 e. The number of aromatic nitrogens is 3. The van der Waals surface area contributed by atoms with E-state index in [1.165, 1.54) is 38.5 Å². The SMILES string of the molecule is CCCC1CCC(NC(=NCc2nnc(C)n2C)NCCCOCC)CC1. The lowest BCUT2D eigenvalue weighted by molar-refractivity contribution is 0.145. The molecule has 1 fully saturated rings. The van der Waals surface area contributed by atoms with Gasteiger partial charge in [0.15, 0.2) is 11.8 Å². The average Bonchev–Trinajstić information content (AvgIpc) is 2.99. The first-order chi connectivity index (χ1) is 13.1. The number of hydrogen-bond donors (Lipinski definition) is 2. The summed E-state index contributed by atoms with van der Waals surface area (Å²) in [5.74, 6) is 3.59. The summed E-state index contributed by atoms with van der Waals surface area (Å²) in [7, 11) is 1.98. The Balaban J connectivity index is 1.88. The van der Waals surface area contributed by atoms with Gasteiger partial charge in [0, 0.05) is 32.8 Å². The van der Waals surface area contributed by atoms with Crippen molar-refractivity contribution in [3.63, 3.8) is 0 Å². The Bertz CT molecular complexity index is 563. The van der Waals surface area contributed by atoms with Gasteiger partial charge in [0.2, 0.25) is 0 Å². The van der Waals surface area contributed by atoms with Crippen LogP contribution in [0.4, 0.5) is 0 Å². The van der Waals surface area contributed by atoms with E-state index in [1.54, 1.807) is 0 Å². The molecular formula is C20H38N6O. The van der Waals surface area contributed by atoms with E-state index in [4.69, 9.17) is 9.73 Å². The summed E-state index contributed by atoms with van der Waals surface area (Å²) < 4.78 is 7.42. The number of nitrogens with one attached hydrogen (secondary N) is 2. The lowest BCUT2D eigenvalue weighted by Gasteiger charge is -2.30. The zero-order valence-corrected chi connectivity index (χ0v) is 17.6. The maximum absolute atomic E-state index is 5.43. The monoisotopic (exact) mass is 378 g/mol. The molecule has 0 unspecified atom stereocenters. The molecule has 0 amide bonds. The first kappa shape index (κ1) is 21.7. The molecule has 1 aromatic heterocycles. The maximum atomic E-state index is 5.43. The minimum Gasteiger partial charge on any atom is -0.382 e. The van der Waals surface area contributed by atoms with Crippen molar-refractivity contribution in [3.05, 3.63) is 11.6 Å². The van der Waals surface area contributed by atoms with E-state index in [0.717, 1.165) is 49.7 Å². The number of ether oxygens (including phenoxy) is 1. The zero-order valence-electron chi connectivity index (χ0n) is 17.6. The third-order valence-electron chi connectivity index (χ3n) is 5.41. The van der Waals surface area contributed by atoms with Gasteiger partial charge in [0.25, 0.3) is 0 Å². The van der Waals surface area contributed by atoms with Crippen molar-refractivity contribution >= 4 is 5.96 Å². The Labute approximate surface area is 164 Å². The molecule has 1 aliphatic rings. The summed E-state index contributed by atoms with van der Waals surface area (Å²) in [5, 5.41) is 15.4. The van der Waals surface area contributed by atoms with Crippen LogP contribution in [0.25, 0.3) is 0 Å². The fraction of sp³-hybridized carbons (Fsp3) is 0.850. The Kier molecular flexibility index (Phi) is 9.59. The van der Waals surface area contributed by atoms with Crippen molar-refractivity contribution in [1.29, 1.82) is 0 Å². The zero-order chi connectivity index (χ0) is 19.5. The van der Waals surface area contributed by atoms with Gasteiger partial charge in [-0.3, -0.25) is 0 Å². The van der Waals surface area contributed by atoms with E-state index < -0.39 is 0 Å². The highest BCUT2D eigenvalue weighted by molar-refractivity contribution is 5.80. The van der Waals surface area contributed by atoms with Gasteiger partial charge in [-0.05, 0) is 51.9 Å². The molecule has 1 saturated carbocycles. The van der Waals surface area contributed by atoms with Crippen LogP contribution in [0.5, 0.6) is 0 Å². The Morgan fingerprint density at radius 2 is 2.00 bits per heavy atom. The van der Waals surface area contributed by atoms with Crippen LogP contribution in [0.15, 0.2) is 4.99 Å². The molecule has 1 aliphatic carbocycles. The van der Waals surface area contributed by atoms with Crippen LogP contribution >= 0.6 is 0 Å². The molecule has 7 nitrogen and oxygen atoms in total. The molecule has 154 valence electrons. The number of aryl methyl sites for hydroxylation is 1. The van der Waals surface area contributed by atoms with Gasteiger partial charge in [-0.1, -0.05) is 19.8 Å². The standard InChI is InChI=1S/C20H38N6O/c1-5-8-17-9-11-18(12-10-17)23-20(21-13-7-14-27-6-2)22-15-19-25-24-16(3)26(19)4/h17-18H,5-15H2,1-4H3,(H2,21,22,23). The molecule has 1 heterocycles. The second kappa shape index (κ2) is 12.0. The van der Waals surface area contributed by atoms with Crippen LogP contribution in [0.3, 0.4) is 0 Å². The Morgan fingerprint density at radius 3 is 2.63 bits per heavy atom. The third-order valence-corrected chi connectivity index (χ3v) is 5.41. The molecule has 27 heavy (non-hydrogen) atoms. The van der Waals surface area contributed by atoms with Crippen molar-refractivity contribution in [1.82, 2.24) is 25.4 Å². The van der Waals surface area contributed by atoms with Gasteiger partial charge in [0.05, 0.1) is 0 Å². The normalized spacial score (nSPS) is 20.7. The van der Waals surface area contributed by atoms with Crippen molar-refractivity contribution in [2.24, 2.45) is 18.0 Å². The summed E-state index contributed by atoms with van der Waals surface area (Å²) in [6.45, 7) is 9.21. The lowest BCUT2D eigenvalue weighted by atomic mass is 9.83. The molecule has 0 radical (unpaired) electrons. The molecule has 0 aromatic carbocycles. The predicted octanol–water partition coefficient (Wildman–Crippen LogP) is 2.94. The van der Waals surface area contributed by atoms with Crippen molar-refractivity contribution in [3.8, 4) is 0 Å². The van der Waals surface area contributed by atoms with Crippen LogP contribution in [0.1, 0.15) is 70.4 Å². The molecule has 0 spiro atoms. The Hall–Kier alpha value is -1.63. The molecule has 2 rings (SSSR count). The van der Waals surface area contributed by atoms with Crippen LogP contribution in [0.2, 0.25) is 0 Å². The van der Waals surface area contributed by atoms with Crippen LogP contribution in [0, 0.1) is 12.8 Å². The molecule has 7 heteroatoms. The van der Waals surface area contributed by atoms with Crippen molar-refractivity contribution in [2.75, 3.05) is 19.8 Å². The van der Waals surface area contributed by atoms with Crippen molar-refractivity contribution < 1.29 is 4.74 Å². The minimum absolute atomic E-state index is 0.512. The summed E-state index contributed by atoms with van der Waals surface area (Å²) >= 11 is 0. The fourth-order valence-electron chi connectivity index (χ4n) is 3.61. The molecule has 2 N–H and O–H groups in total. The quantitative estimate of drug-likeness (QED) is 0.372. The van der Waals surface area contributed by atoms with Crippen LogP contribution in [-0.2, 0) is 18.3 Å². The molecular weight excluding hydrogens is 340 g/mol. The number of guanidine groups is 1. The predicted molar refractivity (Wildman–Crippen MR) is 110 cm³/mol. The minimum atomic E-state index is 0.512. The van der Waals surface area contributed by atoms with Gasteiger partial charge >= 0.3 is 0 Å². The second-order valence-corrected chi connectivity index (χ2v) is 7.52. The molecule has 0 atom stereocenters. The van der Waals surface area contributed by atoms with E-state index in [0.29, 0.717) is 12.6 Å². The van der Waals surface area contributed by atoms with E-state index in [1.807, 2.05) is 25.5 Å². The van der Waals surface area contributed by atoms with Crippen molar-refractivity contribution in [2.45, 2.75) is 78.3 Å². The number of rotatable bonds is 10. The van der Waals surface area contributed by atoms with Crippen LogP contribution in [-0.4, -0.2) is 46.5 Å². The first-order valence-corrected chi connectivity index (χ1v) is 10.6. The highest BCUT2D eigenvalue weighted by Crippen LogP contribution is 2.27. The highest BCUT2D eigenvalue weighted by Gasteiger charge is 2.21. The molecule has 0 bridgehead atoms. The van der Waals surface area contributed by atoms with Crippen LogP contribution < -0.4 is 10.6 Å². The Morgan fingerprint density at radius 1 is 1.22 bits per heavy atom. The van der Waals surface area contributed by atoms with E-state index in [-0.39, 0.29) is 0 Å².